The Balaban J connectivity index is 1.13. The summed E-state index contributed by atoms with van der Waals surface area (Å²) >= 11 is 3.54. The molecular formula is C34H47N3O5S2. The second-order valence-corrected chi connectivity index (χ2v) is 13.9. The topological polar surface area (TPSA) is 89.1 Å². The van der Waals surface area contributed by atoms with E-state index in [-0.39, 0.29) is 24.1 Å². The van der Waals surface area contributed by atoms with Gasteiger partial charge in [-0.1, -0.05) is 49.6 Å². The van der Waals surface area contributed by atoms with E-state index >= 15 is 0 Å². The van der Waals surface area contributed by atoms with Gasteiger partial charge in [0.25, 0.3) is 0 Å². The third-order valence-corrected chi connectivity index (χ3v) is 10.8. The highest BCUT2D eigenvalue weighted by Gasteiger charge is 2.33. The molecule has 2 aliphatic heterocycles. The number of nitrogens with one attached hydrogen (secondary N) is 2. The van der Waals surface area contributed by atoms with E-state index < -0.39 is 6.04 Å². The molecule has 0 aromatic heterocycles. The van der Waals surface area contributed by atoms with E-state index in [1.165, 1.54) is 32.1 Å². The lowest BCUT2D eigenvalue weighted by molar-refractivity contribution is -0.164. The van der Waals surface area contributed by atoms with Crippen LogP contribution in [0.4, 0.5) is 0 Å². The molecule has 2 heterocycles. The Morgan fingerprint density at radius 2 is 1.75 bits per heavy atom. The summed E-state index contributed by atoms with van der Waals surface area (Å²) in [5, 5.41) is 6.20. The van der Waals surface area contributed by atoms with Crippen molar-refractivity contribution in [3.63, 3.8) is 0 Å². The number of thioether (sulfide) groups is 2. The fourth-order valence-electron chi connectivity index (χ4n) is 5.85. The molecule has 1 saturated carbocycles. The normalized spacial score (nSPS) is 21.9. The summed E-state index contributed by atoms with van der Waals surface area (Å²) in [5.74, 6) is 5.11. The Labute approximate surface area is 270 Å². The second kappa shape index (κ2) is 18.0. The van der Waals surface area contributed by atoms with Gasteiger partial charge in [-0.3, -0.25) is 14.5 Å². The zero-order valence-corrected chi connectivity index (χ0v) is 27.3. The van der Waals surface area contributed by atoms with Crippen LogP contribution in [0.2, 0.25) is 0 Å². The smallest absolute Gasteiger partial charge is 0.243 e. The maximum Gasteiger partial charge on any atom is 0.243 e. The molecule has 2 saturated heterocycles. The van der Waals surface area contributed by atoms with Crippen LogP contribution in [0.5, 0.6) is 11.5 Å². The minimum atomic E-state index is -0.587. The predicted octanol–water partition coefficient (Wildman–Crippen LogP) is 5.81. The zero-order valence-electron chi connectivity index (χ0n) is 25.6. The lowest BCUT2D eigenvalue weighted by Gasteiger charge is -2.27. The average molecular weight is 642 g/mol. The lowest BCUT2D eigenvalue weighted by atomic mass is 9.91. The maximum atomic E-state index is 13.5. The van der Waals surface area contributed by atoms with E-state index in [4.69, 9.17) is 14.2 Å². The van der Waals surface area contributed by atoms with E-state index in [0.29, 0.717) is 37.1 Å². The number of nitrogens with zero attached hydrogens (tertiary/aromatic N) is 1. The first kappa shape index (κ1) is 33.1. The number of carbonyl (C=O) groups is 2. The van der Waals surface area contributed by atoms with Gasteiger partial charge in [0.15, 0.2) is 6.29 Å². The van der Waals surface area contributed by atoms with Crippen molar-refractivity contribution in [2.45, 2.75) is 76.3 Å². The Morgan fingerprint density at radius 3 is 2.52 bits per heavy atom. The van der Waals surface area contributed by atoms with Crippen molar-refractivity contribution in [2.75, 3.05) is 42.9 Å². The van der Waals surface area contributed by atoms with Gasteiger partial charge in [-0.2, -0.15) is 11.8 Å². The van der Waals surface area contributed by atoms with Crippen LogP contribution in [-0.4, -0.2) is 78.0 Å². The van der Waals surface area contributed by atoms with Crippen LogP contribution in [0.3, 0.4) is 0 Å². The summed E-state index contributed by atoms with van der Waals surface area (Å²) in [6.07, 6.45) is 9.48. The number of rotatable bonds is 15. The van der Waals surface area contributed by atoms with Crippen LogP contribution in [0.25, 0.3) is 0 Å². The number of ether oxygens (including phenoxy) is 3. The first-order chi connectivity index (χ1) is 21.6. The molecule has 10 heteroatoms. The Hall–Kier alpha value is -2.24. The quantitative estimate of drug-likeness (QED) is 0.252. The number of benzene rings is 2. The lowest BCUT2D eigenvalue weighted by Crippen LogP contribution is -2.54. The monoisotopic (exact) mass is 641 g/mol. The molecule has 3 aliphatic rings. The van der Waals surface area contributed by atoms with Crippen molar-refractivity contribution < 1.29 is 23.8 Å². The summed E-state index contributed by atoms with van der Waals surface area (Å²) in [4.78, 5) is 29.2. The number of hydrogen-bond donors (Lipinski definition) is 2. The molecule has 44 heavy (non-hydrogen) atoms. The first-order valence-corrected chi connectivity index (χ1v) is 18.5. The van der Waals surface area contributed by atoms with E-state index in [1.807, 2.05) is 54.6 Å². The molecule has 0 spiro atoms. The molecule has 2 N–H and O–H groups in total. The van der Waals surface area contributed by atoms with Crippen molar-refractivity contribution in [1.82, 2.24) is 15.5 Å². The van der Waals surface area contributed by atoms with E-state index in [1.54, 1.807) is 23.5 Å². The number of amides is 2. The highest BCUT2D eigenvalue weighted by Crippen LogP contribution is 2.27. The Kier molecular flexibility index (Phi) is 13.6. The predicted molar refractivity (Wildman–Crippen MR) is 178 cm³/mol. The Morgan fingerprint density at radius 1 is 0.977 bits per heavy atom. The van der Waals surface area contributed by atoms with Crippen LogP contribution in [0.1, 0.15) is 56.9 Å². The molecular weight excluding hydrogens is 595 g/mol. The van der Waals surface area contributed by atoms with E-state index in [9.17, 15) is 9.59 Å². The summed E-state index contributed by atoms with van der Waals surface area (Å²) in [6, 6.07) is 16.5. The molecule has 2 aromatic rings. The van der Waals surface area contributed by atoms with Crippen molar-refractivity contribution in [1.29, 1.82) is 0 Å². The second-order valence-electron chi connectivity index (χ2n) is 11.9. The molecule has 3 atom stereocenters. The molecule has 0 bridgehead atoms. The van der Waals surface area contributed by atoms with Crippen molar-refractivity contribution in [3.05, 3.63) is 60.2 Å². The molecule has 2 amide bonds. The summed E-state index contributed by atoms with van der Waals surface area (Å²) in [5.41, 5.74) is 0.971. The van der Waals surface area contributed by atoms with Gasteiger partial charge in [-0.05, 0) is 73.6 Å². The van der Waals surface area contributed by atoms with Gasteiger partial charge in [-0.15, -0.1) is 11.8 Å². The largest absolute Gasteiger partial charge is 0.457 e. The number of hydrogen-bond acceptors (Lipinski definition) is 8. The van der Waals surface area contributed by atoms with E-state index in [0.717, 1.165) is 54.6 Å². The molecule has 2 aromatic carbocycles. The van der Waals surface area contributed by atoms with Crippen LogP contribution in [0, 0.1) is 5.92 Å². The molecule has 5 rings (SSSR count). The zero-order chi connectivity index (χ0) is 30.4. The van der Waals surface area contributed by atoms with Gasteiger partial charge < -0.3 is 24.8 Å². The first-order valence-electron chi connectivity index (χ1n) is 16.2. The van der Waals surface area contributed by atoms with E-state index in [2.05, 4.69) is 15.5 Å². The summed E-state index contributed by atoms with van der Waals surface area (Å²) < 4.78 is 17.5. The number of carbonyl (C=O) groups excluding carboxylic acids is 2. The van der Waals surface area contributed by atoms with Crippen molar-refractivity contribution in [3.8, 4) is 11.5 Å². The van der Waals surface area contributed by atoms with Crippen LogP contribution < -0.4 is 15.4 Å². The fourth-order valence-corrected chi connectivity index (χ4v) is 8.36. The number of para-hydroxylation sites is 1. The third-order valence-electron chi connectivity index (χ3n) is 8.46. The maximum absolute atomic E-state index is 13.5. The van der Waals surface area contributed by atoms with Gasteiger partial charge in [0.2, 0.25) is 11.8 Å². The van der Waals surface area contributed by atoms with Gasteiger partial charge in [0.05, 0.1) is 12.6 Å². The van der Waals surface area contributed by atoms with Crippen LogP contribution in [-0.2, 0) is 25.6 Å². The van der Waals surface area contributed by atoms with Gasteiger partial charge >= 0.3 is 0 Å². The molecule has 1 aliphatic carbocycles. The molecule has 0 radical (unpaired) electrons. The minimum absolute atomic E-state index is 0.0789. The highest BCUT2D eigenvalue weighted by atomic mass is 32.2. The standard InChI is InChI=1S/C34H47N3O5S2/c38-33(35-21-26-14-16-29(17-15-26)42-28-11-5-2-6-12-28)30(23-43-22-27-9-3-1-4-10-27)36-34(39)31-24-44-25-37(31)18-20-41-32-13-7-8-19-40-32/h2,5-6,11-12,14-17,27,30-32H,1,3-4,7-10,13,18-25H2,(H,35,38)(H,36,39)/t30-,31-,32?/m0/s1. The SMILES string of the molecule is O=C(NCc1ccc(Oc2ccccc2)cc1)[C@H](CSCC1CCCCC1)NC(=O)[C@@H]1CSCN1CCOC1CCCCO1. The summed E-state index contributed by atoms with van der Waals surface area (Å²) in [6.45, 7) is 2.34. The van der Waals surface area contributed by atoms with Crippen LogP contribution in [0.15, 0.2) is 54.6 Å². The highest BCUT2D eigenvalue weighted by molar-refractivity contribution is 7.99. The third kappa shape index (κ3) is 10.7. The average Bonchev–Trinajstić information content (AvgIpc) is 3.54. The van der Waals surface area contributed by atoms with Crippen molar-refractivity contribution >= 4 is 35.3 Å². The fraction of sp³-hybridized carbons (Fsp3) is 0.588. The van der Waals surface area contributed by atoms with Gasteiger partial charge in [0.1, 0.15) is 17.5 Å². The molecule has 3 fully saturated rings. The summed E-state index contributed by atoms with van der Waals surface area (Å²) in [7, 11) is 0. The van der Waals surface area contributed by atoms with Gasteiger partial charge in [0, 0.05) is 37.1 Å². The Bertz CT molecular complexity index is 1140. The molecule has 1 unspecified atom stereocenters. The minimum Gasteiger partial charge on any atom is -0.457 e. The molecule has 8 nitrogen and oxygen atoms in total. The van der Waals surface area contributed by atoms with Gasteiger partial charge in [-0.25, -0.2) is 0 Å². The van der Waals surface area contributed by atoms with Crippen LogP contribution >= 0.6 is 23.5 Å². The molecule has 240 valence electrons. The van der Waals surface area contributed by atoms with Crippen molar-refractivity contribution in [2.24, 2.45) is 5.92 Å².